The highest BCUT2D eigenvalue weighted by Crippen LogP contribution is 2.29. The van der Waals surface area contributed by atoms with Crippen molar-refractivity contribution in [1.29, 1.82) is 0 Å². The molecule has 0 unspecified atom stereocenters. The van der Waals surface area contributed by atoms with Crippen molar-refractivity contribution >= 4 is 22.9 Å². The zero-order chi connectivity index (χ0) is 16.5. The lowest BCUT2D eigenvalue weighted by atomic mass is 10.0. The van der Waals surface area contributed by atoms with Gasteiger partial charge in [0.15, 0.2) is 0 Å². The van der Waals surface area contributed by atoms with Crippen LogP contribution in [0.3, 0.4) is 0 Å². The summed E-state index contributed by atoms with van der Waals surface area (Å²) in [5.74, 6) is -0.0169. The Balaban J connectivity index is 1.96. The van der Waals surface area contributed by atoms with E-state index in [2.05, 4.69) is 6.07 Å². The molecule has 0 N–H and O–H groups in total. The van der Waals surface area contributed by atoms with Gasteiger partial charge in [-0.25, -0.2) is 0 Å². The van der Waals surface area contributed by atoms with Crippen LogP contribution < -0.4 is 0 Å². The number of nitrogens with zero attached hydrogens (tertiary/aromatic N) is 1. The number of hydrogen-bond acceptors (Lipinski definition) is 1. The summed E-state index contributed by atoms with van der Waals surface area (Å²) in [6, 6.07) is 25.0. The maximum absolute atomic E-state index is 13.2. The summed E-state index contributed by atoms with van der Waals surface area (Å²) in [6.07, 6.45) is 1.92. The number of aromatic nitrogens is 1. The lowest BCUT2D eigenvalue weighted by Gasteiger charge is -2.07. The molecule has 0 saturated heterocycles. The lowest BCUT2D eigenvalue weighted by molar-refractivity contribution is 0.103. The number of ketones is 1. The van der Waals surface area contributed by atoms with Crippen LogP contribution >= 0.6 is 11.6 Å². The fourth-order valence-corrected chi connectivity index (χ4v) is 3.06. The van der Waals surface area contributed by atoms with E-state index < -0.39 is 0 Å². The summed E-state index contributed by atoms with van der Waals surface area (Å²) < 4.78 is 1.94. The molecule has 0 aliphatic carbocycles. The van der Waals surface area contributed by atoms with Crippen LogP contribution in [0.4, 0.5) is 0 Å². The molecular formula is C21H14ClNO. The van der Waals surface area contributed by atoms with Crippen molar-refractivity contribution in [3.05, 3.63) is 101 Å². The number of carbonyl (C=O) groups excluding carboxylic acids is 1. The van der Waals surface area contributed by atoms with E-state index in [4.69, 9.17) is 11.6 Å². The first-order chi connectivity index (χ1) is 11.7. The molecule has 24 heavy (non-hydrogen) atoms. The molecule has 0 spiro atoms. The van der Waals surface area contributed by atoms with Gasteiger partial charge in [-0.3, -0.25) is 4.79 Å². The molecule has 116 valence electrons. The fourth-order valence-electron chi connectivity index (χ4n) is 2.93. The van der Waals surface area contributed by atoms with Gasteiger partial charge < -0.3 is 4.40 Å². The molecule has 2 nitrogen and oxygen atoms in total. The summed E-state index contributed by atoms with van der Waals surface area (Å²) in [4.78, 5) is 13.2. The number of hydrogen-bond donors (Lipinski definition) is 0. The predicted molar refractivity (Wildman–Crippen MR) is 97.7 cm³/mol. The smallest absolute Gasteiger partial charge is 0.210 e. The minimum atomic E-state index is -0.0169. The molecule has 2 heterocycles. The summed E-state index contributed by atoms with van der Waals surface area (Å²) in [6.45, 7) is 0. The van der Waals surface area contributed by atoms with Gasteiger partial charge in [-0.1, -0.05) is 48.0 Å². The van der Waals surface area contributed by atoms with Gasteiger partial charge in [-0.15, -0.1) is 0 Å². The molecule has 0 bridgehead atoms. The monoisotopic (exact) mass is 331 g/mol. The summed E-state index contributed by atoms with van der Waals surface area (Å²) in [7, 11) is 0. The van der Waals surface area contributed by atoms with Crippen LogP contribution in [0, 0.1) is 0 Å². The predicted octanol–water partition coefficient (Wildman–Crippen LogP) is 5.49. The molecule has 3 heteroatoms. The Kier molecular flexibility index (Phi) is 3.68. The number of rotatable bonds is 3. The highest BCUT2D eigenvalue weighted by Gasteiger charge is 2.19. The van der Waals surface area contributed by atoms with Crippen molar-refractivity contribution in [3.8, 4) is 11.1 Å². The average Bonchev–Trinajstić information content (AvgIpc) is 3.02. The van der Waals surface area contributed by atoms with Gasteiger partial charge in [0.1, 0.15) is 5.69 Å². The Hall–Kier alpha value is -2.84. The van der Waals surface area contributed by atoms with Gasteiger partial charge >= 0.3 is 0 Å². The number of halogens is 1. The minimum Gasteiger partial charge on any atom is -0.313 e. The third kappa shape index (κ3) is 2.51. The first-order valence-corrected chi connectivity index (χ1v) is 8.07. The molecule has 0 fully saturated rings. The van der Waals surface area contributed by atoms with Gasteiger partial charge in [-0.05, 0) is 48.0 Å². The first-order valence-electron chi connectivity index (χ1n) is 7.70. The Morgan fingerprint density at radius 2 is 1.54 bits per heavy atom. The molecule has 0 aliphatic heterocycles. The van der Waals surface area contributed by atoms with Crippen LogP contribution in [-0.2, 0) is 0 Å². The van der Waals surface area contributed by atoms with Crippen molar-refractivity contribution < 1.29 is 4.79 Å². The van der Waals surface area contributed by atoms with Gasteiger partial charge in [0, 0.05) is 27.9 Å². The Morgan fingerprint density at radius 3 is 2.29 bits per heavy atom. The Bertz CT molecular complexity index is 1020. The topological polar surface area (TPSA) is 21.5 Å². The van der Waals surface area contributed by atoms with E-state index in [0.29, 0.717) is 16.3 Å². The number of fused-ring (bicyclic) bond motifs is 1. The molecule has 2 aromatic carbocycles. The van der Waals surface area contributed by atoms with E-state index in [1.54, 1.807) is 24.3 Å². The number of carbonyl (C=O) groups is 1. The van der Waals surface area contributed by atoms with Crippen molar-refractivity contribution in [2.75, 3.05) is 0 Å². The van der Waals surface area contributed by atoms with Crippen molar-refractivity contribution in [2.24, 2.45) is 0 Å². The molecule has 0 saturated carbocycles. The van der Waals surface area contributed by atoms with Crippen LogP contribution in [0.25, 0.3) is 16.6 Å². The molecule has 0 atom stereocenters. The van der Waals surface area contributed by atoms with E-state index in [-0.39, 0.29) is 5.78 Å². The number of benzene rings is 2. The third-order valence-electron chi connectivity index (χ3n) is 4.09. The highest BCUT2D eigenvalue weighted by molar-refractivity contribution is 6.30. The highest BCUT2D eigenvalue weighted by atomic mass is 35.5. The van der Waals surface area contributed by atoms with Gasteiger partial charge in [0.2, 0.25) is 5.78 Å². The summed E-state index contributed by atoms with van der Waals surface area (Å²) in [5, 5.41) is 0.620. The minimum absolute atomic E-state index is 0.0169. The van der Waals surface area contributed by atoms with Crippen LogP contribution in [0.1, 0.15) is 16.1 Å². The first kappa shape index (κ1) is 14.7. The average molecular weight is 332 g/mol. The molecule has 0 amide bonds. The molecule has 4 rings (SSSR count). The van der Waals surface area contributed by atoms with Crippen molar-refractivity contribution in [2.45, 2.75) is 0 Å². The van der Waals surface area contributed by atoms with Gasteiger partial charge in [0.25, 0.3) is 0 Å². The molecular weight excluding hydrogens is 318 g/mol. The number of pyridine rings is 1. The van der Waals surface area contributed by atoms with E-state index in [9.17, 15) is 4.79 Å². The second kappa shape index (κ2) is 5.99. The quantitative estimate of drug-likeness (QED) is 0.455. The molecule has 0 aliphatic rings. The van der Waals surface area contributed by atoms with Gasteiger partial charge in [-0.2, -0.15) is 0 Å². The maximum atomic E-state index is 13.2. The van der Waals surface area contributed by atoms with E-state index in [1.165, 1.54) is 0 Å². The summed E-state index contributed by atoms with van der Waals surface area (Å²) in [5.41, 5.74) is 4.24. The maximum Gasteiger partial charge on any atom is 0.210 e. The van der Waals surface area contributed by atoms with Gasteiger partial charge in [0.05, 0.1) is 0 Å². The van der Waals surface area contributed by atoms with Crippen molar-refractivity contribution in [3.63, 3.8) is 0 Å². The fraction of sp³-hybridized carbons (Fsp3) is 0. The molecule has 2 aromatic heterocycles. The van der Waals surface area contributed by atoms with Crippen LogP contribution in [0.2, 0.25) is 5.02 Å². The van der Waals surface area contributed by atoms with E-state index >= 15 is 0 Å². The molecule has 4 aromatic rings. The standard InChI is InChI=1S/C21H14ClNO/c22-17-11-9-16(10-12-17)21(24)20-19(15-6-2-1-3-7-15)14-18-8-4-5-13-23(18)20/h1-14H. The Morgan fingerprint density at radius 1 is 0.833 bits per heavy atom. The van der Waals surface area contributed by atoms with E-state index in [0.717, 1.165) is 16.6 Å². The van der Waals surface area contributed by atoms with E-state index in [1.807, 2.05) is 59.1 Å². The second-order valence-corrected chi connectivity index (χ2v) is 6.04. The third-order valence-corrected chi connectivity index (χ3v) is 4.34. The lowest BCUT2D eigenvalue weighted by Crippen LogP contribution is -2.06. The normalized spacial score (nSPS) is 10.9. The SMILES string of the molecule is O=C(c1ccc(Cl)cc1)c1c(-c2ccccc2)cc2ccccn12. The zero-order valence-electron chi connectivity index (χ0n) is 12.8. The van der Waals surface area contributed by atoms with Crippen molar-refractivity contribution in [1.82, 2.24) is 4.40 Å². The Labute approximate surface area is 144 Å². The zero-order valence-corrected chi connectivity index (χ0v) is 13.6. The largest absolute Gasteiger partial charge is 0.313 e. The molecule has 0 radical (unpaired) electrons. The second-order valence-electron chi connectivity index (χ2n) is 5.60. The van der Waals surface area contributed by atoms with Crippen LogP contribution in [0.5, 0.6) is 0 Å². The van der Waals surface area contributed by atoms with Crippen LogP contribution in [0.15, 0.2) is 85.1 Å². The van der Waals surface area contributed by atoms with Crippen LogP contribution in [-0.4, -0.2) is 10.2 Å². The summed E-state index contributed by atoms with van der Waals surface area (Å²) >= 11 is 5.95.